The van der Waals surface area contributed by atoms with Crippen LogP contribution in [0.25, 0.3) is 0 Å². The maximum absolute atomic E-state index is 13.1. The minimum atomic E-state index is -3.94. The van der Waals surface area contributed by atoms with Crippen molar-refractivity contribution in [1.29, 1.82) is 0 Å². The minimum Gasteiger partial charge on any atom is -0.322 e. The SMILES string of the molecule is Cc1ccc(NC(=O)c2ccc(Cl)c(S(=O)(=O)N(C)c3ccccc3)c2)c(C)c1. The summed E-state index contributed by atoms with van der Waals surface area (Å²) in [6.45, 7) is 3.87. The number of anilines is 2. The van der Waals surface area contributed by atoms with Crippen molar-refractivity contribution in [2.45, 2.75) is 18.7 Å². The molecule has 3 aromatic rings. The number of nitrogens with zero attached hydrogens (tertiary/aromatic N) is 1. The van der Waals surface area contributed by atoms with Crippen molar-refractivity contribution in [1.82, 2.24) is 0 Å². The highest BCUT2D eigenvalue weighted by Gasteiger charge is 2.25. The molecule has 3 rings (SSSR count). The summed E-state index contributed by atoms with van der Waals surface area (Å²) in [4.78, 5) is 12.6. The van der Waals surface area contributed by atoms with Crippen molar-refractivity contribution >= 4 is 38.9 Å². The molecule has 0 unspecified atom stereocenters. The van der Waals surface area contributed by atoms with Gasteiger partial charge in [0, 0.05) is 18.3 Å². The summed E-state index contributed by atoms with van der Waals surface area (Å²) in [7, 11) is -2.50. The third-order valence-electron chi connectivity index (χ3n) is 4.58. The van der Waals surface area contributed by atoms with Crippen LogP contribution in [0.4, 0.5) is 11.4 Å². The first-order valence-electron chi connectivity index (χ1n) is 8.92. The molecule has 150 valence electrons. The average molecular weight is 429 g/mol. The molecule has 0 aliphatic rings. The number of sulfonamides is 1. The molecule has 0 saturated carbocycles. The molecule has 0 saturated heterocycles. The lowest BCUT2D eigenvalue weighted by Gasteiger charge is -2.20. The van der Waals surface area contributed by atoms with Crippen molar-refractivity contribution in [3.63, 3.8) is 0 Å². The second-order valence-corrected chi connectivity index (χ2v) is 9.07. The van der Waals surface area contributed by atoms with Crippen LogP contribution in [0.3, 0.4) is 0 Å². The number of rotatable bonds is 5. The van der Waals surface area contributed by atoms with Gasteiger partial charge in [-0.1, -0.05) is 47.5 Å². The van der Waals surface area contributed by atoms with E-state index in [0.29, 0.717) is 11.4 Å². The summed E-state index contributed by atoms with van der Waals surface area (Å²) >= 11 is 6.18. The summed E-state index contributed by atoms with van der Waals surface area (Å²) in [5.41, 5.74) is 3.37. The van der Waals surface area contributed by atoms with Gasteiger partial charge in [0.2, 0.25) is 0 Å². The maximum atomic E-state index is 13.1. The Bertz CT molecular complexity index is 1160. The Morgan fingerprint density at radius 1 is 0.966 bits per heavy atom. The molecule has 0 spiro atoms. The fourth-order valence-corrected chi connectivity index (χ4v) is 4.61. The van der Waals surface area contributed by atoms with Gasteiger partial charge in [0.1, 0.15) is 4.90 Å². The highest BCUT2D eigenvalue weighted by molar-refractivity contribution is 7.93. The van der Waals surface area contributed by atoms with E-state index in [4.69, 9.17) is 11.6 Å². The zero-order valence-electron chi connectivity index (χ0n) is 16.3. The number of carbonyl (C=O) groups is 1. The number of aryl methyl sites for hydroxylation is 2. The van der Waals surface area contributed by atoms with E-state index >= 15 is 0 Å². The predicted octanol–water partition coefficient (Wildman–Crippen LogP) is 5.03. The third kappa shape index (κ3) is 4.44. The summed E-state index contributed by atoms with van der Waals surface area (Å²) in [6, 6.07) is 18.6. The molecule has 0 radical (unpaired) electrons. The topological polar surface area (TPSA) is 66.5 Å². The van der Waals surface area contributed by atoms with Gasteiger partial charge in [0.15, 0.2) is 0 Å². The lowest BCUT2D eigenvalue weighted by atomic mass is 10.1. The summed E-state index contributed by atoms with van der Waals surface area (Å²) in [5.74, 6) is -0.410. The van der Waals surface area contributed by atoms with E-state index in [1.807, 2.05) is 32.0 Å². The first-order valence-corrected chi connectivity index (χ1v) is 10.7. The van der Waals surface area contributed by atoms with E-state index in [2.05, 4.69) is 5.32 Å². The summed E-state index contributed by atoms with van der Waals surface area (Å²) in [5, 5.41) is 2.87. The first-order chi connectivity index (χ1) is 13.7. The summed E-state index contributed by atoms with van der Waals surface area (Å²) < 4.78 is 27.3. The molecule has 5 nitrogen and oxygen atoms in total. The van der Waals surface area contributed by atoms with Gasteiger partial charge in [-0.2, -0.15) is 0 Å². The van der Waals surface area contributed by atoms with Crippen LogP contribution >= 0.6 is 11.6 Å². The average Bonchev–Trinajstić information content (AvgIpc) is 2.70. The predicted molar refractivity (Wildman–Crippen MR) is 117 cm³/mol. The highest BCUT2D eigenvalue weighted by Crippen LogP contribution is 2.28. The monoisotopic (exact) mass is 428 g/mol. The van der Waals surface area contributed by atoms with Gasteiger partial charge in [-0.3, -0.25) is 9.10 Å². The molecule has 7 heteroatoms. The van der Waals surface area contributed by atoms with Crippen molar-refractivity contribution < 1.29 is 13.2 Å². The molecule has 1 amide bonds. The molecule has 0 bridgehead atoms. The van der Waals surface area contributed by atoms with Gasteiger partial charge in [0.25, 0.3) is 15.9 Å². The number of benzene rings is 3. The van der Waals surface area contributed by atoms with E-state index in [0.717, 1.165) is 15.4 Å². The molecular formula is C22H21ClN2O3S. The van der Waals surface area contributed by atoms with Crippen LogP contribution in [0, 0.1) is 13.8 Å². The lowest BCUT2D eigenvalue weighted by molar-refractivity contribution is 0.102. The quantitative estimate of drug-likeness (QED) is 0.619. The van der Waals surface area contributed by atoms with Crippen molar-refractivity contribution in [2.24, 2.45) is 0 Å². The van der Waals surface area contributed by atoms with E-state index in [9.17, 15) is 13.2 Å². The van der Waals surface area contributed by atoms with E-state index < -0.39 is 15.9 Å². The fraction of sp³-hybridized carbons (Fsp3) is 0.136. The van der Waals surface area contributed by atoms with Gasteiger partial charge in [-0.25, -0.2) is 8.42 Å². The molecule has 0 aliphatic carbocycles. The van der Waals surface area contributed by atoms with Crippen molar-refractivity contribution in [2.75, 3.05) is 16.7 Å². The van der Waals surface area contributed by atoms with Gasteiger partial charge in [0.05, 0.1) is 10.7 Å². The number of halogens is 1. The van der Waals surface area contributed by atoms with E-state index in [1.54, 1.807) is 30.3 Å². The molecule has 1 N–H and O–H groups in total. The second-order valence-electron chi connectivity index (χ2n) is 6.73. The number of nitrogens with one attached hydrogen (secondary N) is 1. The zero-order chi connectivity index (χ0) is 21.2. The number of para-hydroxylation sites is 1. The Hall–Kier alpha value is -2.83. The van der Waals surface area contributed by atoms with Gasteiger partial charge >= 0.3 is 0 Å². The maximum Gasteiger partial charge on any atom is 0.265 e. The van der Waals surface area contributed by atoms with Crippen LogP contribution in [0.15, 0.2) is 71.6 Å². The lowest BCUT2D eigenvalue weighted by Crippen LogP contribution is -2.27. The fourth-order valence-electron chi connectivity index (χ4n) is 2.91. The molecule has 0 aromatic heterocycles. The zero-order valence-corrected chi connectivity index (χ0v) is 17.9. The standard InChI is InChI=1S/C22H21ClN2O3S/c1-15-9-12-20(16(2)13-15)24-22(26)17-10-11-19(23)21(14-17)29(27,28)25(3)18-7-5-4-6-8-18/h4-14H,1-3H3,(H,24,26). The number of amides is 1. The van der Waals surface area contributed by atoms with Crippen LogP contribution in [0.5, 0.6) is 0 Å². The molecule has 29 heavy (non-hydrogen) atoms. The van der Waals surface area contributed by atoms with E-state index in [-0.39, 0.29) is 15.5 Å². The molecule has 3 aromatic carbocycles. The Balaban J connectivity index is 1.94. The first kappa shape index (κ1) is 20.9. The van der Waals surface area contributed by atoms with Crippen LogP contribution in [-0.2, 0) is 10.0 Å². The smallest absolute Gasteiger partial charge is 0.265 e. The number of carbonyl (C=O) groups excluding carboxylic acids is 1. The Morgan fingerprint density at radius 2 is 1.66 bits per heavy atom. The molecule has 0 aliphatic heterocycles. The summed E-state index contributed by atoms with van der Waals surface area (Å²) in [6.07, 6.45) is 0. The molecular weight excluding hydrogens is 408 g/mol. The molecule has 0 heterocycles. The second kappa shape index (κ2) is 8.27. The van der Waals surface area contributed by atoms with Crippen molar-refractivity contribution in [3.05, 3.63) is 88.4 Å². The number of hydrogen-bond acceptors (Lipinski definition) is 3. The molecule has 0 fully saturated rings. The Morgan fingerprint density at radius 3 is 2.31 bits per heavy atom. The van der Waals surface area contributed by atoms with Crippen LogP contribution in [-0.4, -0.2) is 21.4 Å². The van der Waals surface area contributed by atoms with Crippen LogP contribution in [0.2, 0.25) is 5.02 Å². The highest BCUT2D eigenvalue weighted by atomic mass is 35.5. The Kier molecular flexibility index (Phi) is 5.96. The van der Waals surface area contributed by atoms with E-state index in [1.165, 1.54) is 25.2 Å². The number of hydrogen-bond donors (Lipinski definition) is 1. The van der Waals surface area contributed by atoms with Gasteiger partial charge < -0.3 is 5.32 Å². The van der Waals surface area contributed by atoms with Crippen LogP contribution in [0.1, 0.15) is 21.5 Å². The normalized spacial score (nSPS) is 11.2. The Labute approximate surface area is 176 Å². The van der Waals surface area contributed by atoms with Crippen LogP contribution < -0.4 is 9.62 Å². The third-order valence-corrected chi connectivity index (χ3v) is 6.85. The van der Waals surface area contributed by atoms with Gasteiger partial charge in [-0.05, 0) is 55.8 Å². The largest absolute Gasteiger partial charge is 0.322 e. The van der Waals surface area contributed by atoms with Crippen molar-refractivity contribution in [3.8, 4) is 0 Å². The van der Waals surface area contributed by atoms with Gasteiger partial charge in [-0.15, -0.1) is 0 Å². The molecule has 0 atom stereocenters. The minimum absolute atomic E-state index is 0.0517.